The van der Waals surface area contributed by atoms with Crippen LogP contribution >= 0.6 is 0 Å². The lowest BCUT2D eigenvalue weighted by Gasteiger charge is -2.39. The van der Waals surface area contributed by atoms with Crippen LogP contribution in [0.2, 0.25) is 0 Å². The van der Waals surface area contributed by atoms with Gasteiger partial charge in [-0.3, -0.25) is 4.79 Å². The second kappa shape index (κ2) is 27.5. The standard InChI is InChI=1S/C33H67NO2/c1-4-7-10-24-29-34(30-25-11-8-5-2,31-26-12-9-6-3)32-27-22-20-18-16-14-13-15-17-19-21-23-28-33(35)36/h4-32H2,1-3H3/p+1. The highest BCUT2D eigenvalue weighted by atomic mass is 16.4. The Kier molecular flexibility index (Phi) is 27.0. The number of unbranched alkanes of at least 4 members (excludes halogenated alkanes) is 20. The van der Waals surface area contributed by atoms with Gasteiger partial charge in [0.25, 0.3) is 0 Å². The molecule has 0 rings (SSSR count). The van der Waals surface area contributed by atoms with E-state index in [1.54, 1.807) is 0 Å². The van der Waals surface area contributed by atoms with Crippen LogP contribution in [-0.4, -0.2) is 41.7 Å². The first-order valence-corrected chi connectivity index (χ1v) is 16.7. The monoisotopic (exact) mass is 511 g/mol. The van der Waals surface area contributed by atoms with Crippen molar-refractivity contribution < 1.29 is 14.4 Å². The van der Waals surface area contributed by atoms with Crippen molar-refractivity contribution in [3.05, 3.63) is 0 Å². The summed E-state index contributed by atoms with van der Waals surface area (Å²) < 4.78 is 1.43. The summed E-state index contributed by atoms with van der Waals surface area (Å²) in [5, 5.41) is 8.69. The Bertz CT molecular complexity index is 420. The summed E-state index contributed by atoms with van der Waals surface area (Å²) in [7, 11) is 0. The van der Waals surface area contributed by atoms with E-state index >= 15 is 0 Å². The molecule has 0 bridgehead atoms. The zero-order valence-electron chi connectivity index (χ0n) is 25.3. The van der Waals surface area contributed by atoms with Gasteiger partial charge in [0.1, 0.15) is 0 Å². The second-order valence-electron chi connectivity index (χ2n) is 11.8. The van der Waals surface area contributed by atoms with Crippen LogP contribution in [0.15, 0.2) is 0 Å². The van der Waals surface area contributed by atoms with Crippen molar-refractivity contribution in [2.24, 2.45) is 0 Å². The number of rotatable bonds is 30. The molecule has 0 amide bonds. The number of quaternary nitrogens is 1. The van der Waals surface area contributed by atoms with Gasteiger partial charge in [-0.15, -0.1) is 0 Å². The molecule has 0 aromatic rings. The Morgan fingerprint density at radius 3 is 0.944 bits per heavy atom. The van der Waals surface area contributed by atoms with Crippen molar-refractivity contribution in [1.29, 1.82) is 0 Å². The molecule has 0 radical (unpaired) electrons. The Hall–Kier alpha value is -0.570. The summed E-state index contributed by atoms with van der Waals surface area (Å²) in [6.45, 7) is 12.8. The highest BCUT2D eigenvalue weighted by Crippen LogP contribution is 2.20. The molecule has 216 valence electrons. The normalized spacial score (nSPS) is 11.9. The van der Waals surface area contributed by atoms with E-state index in [9.17, 15) is 4.79 Å². The van der Waals surface area contributed by atoms with Crippen LogP contribution < -0.4 is 0 Å². The molecular weight excluding hydrogens is 442 g/mol. The molecule has 0 spiro atoms. The molecule has 0 saturated carbocycles. The molecule has 0 atom stereocenters. The van der Waals surface area contributed by atoms with E-state index < -0.39 is 5.97 Å². The first kappa shape index (κ1) is 35.4. The quantitative estimate of drug-likeness (QED) is 0.0770. The summed E-state index contributed by atoms with van der Waals surface area (Å²) in [6, 6.07) is 0. The zero-order valence-corrected chi connectivity index (χ0v) is 25.3. The SMILES string of the molecule is CCCCCC[N+](CCCCCC)(CCCCCC)CCCCCCCCCCCCCCC(=O)O. The fourth-order valence-corrected chi connectivity index (χ4v) is 5.78. The predicted octanol–water partition coefficient (Wildman–Crippen LogP) is 10.7. The Balaban J connectivity index is 4.21. The molecule has 1 N–H and O–H groups in total. The van der Waals surface area contributed by atoms with E-state index in [1.165, 1.54) is 172 Å². The molecular formula is C33H68NO2+. The summed E-state index contributed by atoms with van der Waals surface area (Å²) in [5.41, 5.74) is 0. The van der Waals surface area contributed by atoms with Crippen LogP contribution in [0.5, 0.6) is 0 Å². The summed E-state index contributed by atoms with van der Waals surface area (Å²) in [5.74, 6) is -0.648. The van der Waals surface area contributed by atoms with Crippen LogP contribution in [0.3, 0.4) is 0 Å². The maximum Gasteiger partial charge on any atom is 0.303 e. The smallest absolute Gasteiger partial charge is 0.303 e. The molecule has 0 aliphatic heterocycles. The highest BCUT2D eigenvalue weighted by Gasteiger charge is 2.25. The van der Waals surface area contributed by atoms with Crippen LogP contribution in [0.25, 0.3) is 0 Å². The van der Waals surface area contributed by atoms with E-state index in [0.29, 0.717) is 6.42 Å². The zero-order chi connectivity index (χ0) is 26.6. The number of carboxylic acids is 1. The van der Waals surface area contributed by atoms with Crippen molar-refractivity contribution in [2.75, 3.05) is 26.2 Å². The molecule has 0 aromatic carbocycles. The third-order valence-electron chi connectivity index (χ3n) is 8.23. The molecule has 0 aliphatic rings. The van der Waals surface area contributed by atoms with Gasteiger partial charge in [-0.1, -0.05) is 117 Å². The van der Waals surface area contributed by atoms with Crippen LogP contribution in [0, 0.1) is 0 Å². The first-order chi connectivity index (χ1) is 17.6. The van der Waals surface area contributed by atoms with Crippen LogP contribution in [0.4, 0.5) is 0 Å². The fourth-order valence-electron chi connectivity index (χ4n) is 5.78. The number of carboxylic acid groups (broad SMARTS) is 1. The average molecular weight is 511 g/mol. The Morgan fingerprint density at radius 1 is 0.417 bits per heavy atom. The minimum absolute atomic E-state index is 0.344. The van der Waals surface area contributed by atoms with Crippen LogP contribution in [0.1, 0.15) is 181 Å². The molecule has 3 heteroatoms. The topological polar surface area (TPSA) is 37.3 Å². The van der Waals surface area contributed by atoms with E-state index in [2.05, 4.69) is 20.8 Å². The highest BCUT2D eigenvalue weighted by molar-refractivity contribution is 5.66. The van der Waals surface area contributed by atoms with Crippen LogP contribution in [-0.2, 0) is 4.79 Å². The van der Waals surface area contributed by atoms with Gasteiger partial charge < -0.3 is 9.59 Å². The lowest BCUT2D eigenvalue weighted by Crippen LogP contribution is -2.50. The third-order valence-corrected chi connectivity index (χ3v) is 8.23. The van der Waals surface area contributed by atoms with Gasteiger partial charge in [0, 0.05) is 6.42 Å². The first-order valence-electron chi connectivity index (χ1n) is 16.7. The van der Waals surface area contributed by atoms with Gasteiger partial charge in [-0.05, 0) is 57.8 Å². The Morgan fingerprint density at radius 2 is 0.667 bits per heavy atom. The van der Waals surface area contributed by atoms with E-state index in [0.717, 1.165) is 12.8 Å². The molecule has 36 heavy (non-hydrogen) atoms. The predicted molar refractivity (Wildman–Crippen MR) is 160 cm³/mol. The van der Waals surface area contributed by atoms with Gasteiger partial charge in [0.05, 0.1) is 26.2 Å². The number of hydrogen-bond donors (Lipinski definition) is 1. The Labute approximate surface area is 227 Å². The molecule has 0 fully saturated rings. The van der Waals surface area contributed by atoms with E-state index in [4.69, 9.17) is 5.11 Å². The van der Waals surface area contributed by atoms with Gasteiger partial charge in [-0.2, -0.15) is 0 Å². The molecule has 3 nitrogen and oxygen atoms in total. The van der Waals surface area contributed by atoms with Crippen molar-refractivity contribution >= 4 is 5.97 Å². The largest absolute Gasteiger partial charge is 0.481 e. The number of hydrogen-bond acceptors (Lipinski definition) is 1. The van der Waals surface area contributed by atoms with E-state index in [-0.39, 0.29) is 0 Å². The molecule has 0 saturated heterocycles. The minimum atomic E-state index is -0.648. The fraction of sp³-hybridized carbons (Fsp3) is 0.970. The van der Waals surface area contributed by atoms with Gasteiger partial charge in [0.2, 0.25) is 0 Å². The van der Waals surface area contributed by atoms with Gasteiger partial charge in [0.15, 0.2) is 0 Å². The lowest BCUT2D eigenvalue weighted by atomic mass is 10.0. The molecule has 0 unspecified atom stereocenters. The lowest BCUT2D eigenvalue weighted by molar-refractivity contribution is -0.929. The molecule has 0 heterocycles. The summed E-state index contributed by atoms with van der Waals surface area (Å²) in [4.78, 5) is 10.5. The summed E-state index contributed by atoms with van der Waals surface area (Å²) >= 11 is 0. The molecule has 0 aromatic heterocycles. The average Bonchev–Trinajstić information content (AvgIpc) is 2.87. The van der Waals surface area contributed by atoms with Gasteiger partial charge in [-0.25, -0.2) is 0 Å². The number of aliphatic carboxylic acids is 1. The minimum Gasteiger partial charge on any atom is -0.481 e. The van der Waals surface area contributed by atoms with E-state index in [1.807, 2.05) is 0 Å². The number of nitrogens with zero attached hydrogens (tertiary/aromatic N) is 1. The van der Waals surface area contributed by atoms with Crippen molar-refractivity contribution in [3.63, 3.8) is 0 Å². The third kappa shape index (κ3) is 23.8. The van der Waals surface area contributed by atoms with Crippen molar-refractivity contribution in [2.45, 2.75) is 181 Å². The van der Waals surface area contributed by atoms with Gasteiger partial charge >= 0.3 is 5.97 Å². The maximum atomic E-state index is 10.5. The number of carbonyl (C=O) groups is 1. The second-order valence-corrected chi connectivity index (χ2v) is 11.8. The summed E-state index contributed by atoms with van der Waals surface area (Å²) in [6.07, 6.45) is 32.9. The maximum absolute atomic E-state index is 10.5. The van der Waals surface area contributed by atoms with Crippen molar-refractivity contribution in [1.82, 2.24) is 0 Å². The molecule has 0 aliphatic carbocycles. The van der Waals surface area contributed by atoms with Crippen molar-refractivity contribution in [3.8, 4) is 0 Å².